The van der Waals surface area contributed by atoms with E-state index in [0.29, 0.717) is 6.04 Å². The Balaban J connectivity index is 1.95. The van der Waals surface area contributed by atoms with Crippen LogP contribution in [-0.2, 0) is 4.79 Å². The van der Waals surface area contributed by atoms with Crippen molar-refractivity contribution < 1.29 is 9.90 Å². The molecule has 1 aliphatic heterocycles. The molecule has 0 aromatic rings. The van der Waals surface area contributed by atoms with Crippen molar-refractivity contribution in [3.8, 4) is 0 Å². The largest absolute Gasteiger partial charge is 0.480 e. The van der Waals surface area contributed by atoms with Gasteiger partial charge in [0.25, 0.3) is 0 Å². The number of carboxylic acids is 1. The molecular formula is C16H30N2O2. The molecule has 0 aromatic heterocycles. The topological polar surface area (TPSA) is 52.6 Å². The van der Waals surface area contributed by atoms with Gasteiger partial charge in [0.05, 0.1) is 0 Å². The lowest BCUT2D eigenvalue weighted by Crippen LogP contribution is -2.49. The zero-order chi connectivity index (χ0) is 14.8. The predicted molar refractivity (Wildman–Crippen MR) is 80.8 cm³/mol. The van der Waals surface area contributed by atoms with E-state index < -0.39 is 11.5 Å². The van der Waals surface area contributed by atoms with Crippen molar-refractivity contribution in [2.24, 2.45) is 11.8 Å². The van der Waals surface area contributed by atoms with E-state index in [9.17, 15) is 9.90 Å². The van der Waals surface area contributed by atoms with Crippen LogP contribution in [0, 0.1) is 11.8 Å². The molecule has 3 atom stereocenters. The van der Waals surface area contributed by atoms with E-state index >= 15 is 0 Å². The number of nitrogens with one attached hydrogen (secondary N) is 1. The first kappa shape index (κ1) is 15.8. The minimum Gasteiger partial charge on any atom is -0.480 e. The third-order valence-corrected chi connectivity index (χ3v) is 5.64. The Hall–Kier alpha value is -0.610. The van der Waals surface area contributed by atoms with E-state index in [1.807, 2.05) is 0 Å². The average Bonchev–Trinajstić information content (AvgIpc) is 2.70. The fourth-order valence-corrected chi connectivity index (χ4v) is 4.04. The molecule has 0 bridgehead atoms. The maximum atomic E-state index is 11.5. The molecule has 20 heavy (non-hydrogen) atoms. The van der Waals surface area contributed by atoms with Crippen LogP contribution >= 0.6 is 0 Å². The molecule has 3 unspecified atom stereocenters. The number of rotatable bonds is 4. The lowest BCUT2D eigenvalue weighted by molar-refractivity contribution is -0.144. The first-order chi connectivity index (χ1) is 9.48. The Kier molecular flexibility index (Phi) is 5.08. The Morgan fingerprint density at radius 1 is 1.30 bits per heavy atom. The second kappa shape index (κ2) is 6.44. The molecule has 0 aromatic carbocycles. The summed E-state index contributed by atoms with van der Waals surface area (Å²) in [5.41, 5.74) is -0.686. The van der Waals surface area contributed by atoms with Crippen molar-refractivity contribution in [2.45, 2.75) is 64.0 Å². The normalized spacial score (nSPS) is 36.2. The lowest BCUT2D eigenvalue weighted by atomic mass is 9.89. The van der Waals surface area contributed by atoms with Gasteiger partial charge in [-0.1, -0.05) is 13.8 Å². The molecule has 0 amide bonds. The first-order valence-corrected chi connectivity index (χ1v) is 8.15. The van der Waals surface area contributed by atoms with Crippen LogP contribution in [0.4, 0.5) is 0 Å². The van der Waals surface area contributed by atoms with Crippen LogP contribution in [0.15, 0.2) is 0 Å². The van der Waals surface area contributed by atoms with Gasteiger partial charge >= 0.3 is 5.97 Å². The van der Waals surface area contributed by atoms with Gasteiger partial charge in [0, 0.05) is 6.04 Å². The summed E-state index contributed by atoms with van der Waals surface area (Å²) in [4.78, 5) is 14.1. The highest BCUT2D eigenvalue weighted by Gasteiger charge is 2.46. The number of hydrogen-bond donors (Lipinski definition) is 2. The molecule has 1 aliphatic carbocycles. The number of hydrogen-bond acceptors (Lipinski definition) is 3. The number of carboxylic acid groups (broad SMARTS) is 1. The SMILES string of the molecule is CNC1(C(=O)O)CCC(N2CCCC(C(C)C)CC2)C1. The zero-order valence-electron chi connectivity index (χ0n) is 13.2. The van der Waals surface area contributed by atoms with Crippen LogP contribution < -0.4 is 5.32 Å². The number of likely N-dealkylation sites (tertiary alicyclic amines) is 1. The Labute approximate surface area is 122 Å². The molecule has 1 saturated heterocycles. The molecule has 4 nitrogen and oxygen atoms in total. The molecule has 0 radical (unpaired) electrons. The van der Waals surface area contributed by atoms with Crippen LogP contribution in [0.25, 0.3) is 0 Å². The van der Waals surface area contributed by atoms with Gasteiger partial charge in [0.1, 0.15) is 5.54 Å². The van der Waals surface area contributed by atoms with Crippen molar-refractivity contribution in [3.05, 3.63) is 0 Å². The second-order valence-corrected chi connectivity index (χ2v) is 7.00. The summed E-state index contributed by atoms with van der Waals surface area (Å²) in [6.07, 6.45) is 6.39. The van der Waals surface area contributed by atoms with E-state index in [2.05, 4.69) is 24.1 Å². The summed E-state index contributed by atoms with van der Waals surface area (Å²) in [7, 11) is 1.79. The van der Waals surface area contributed by atoms with Crippen molar-refractivity contribution in [3.63, 3.8) is 0 Å². The maximum Gasteiger partial charge on any atom is 0.323 e. The standard InChI is InChI=1S/C16H30N2O2/c1-12(2)13-5-4-9-18(10-7-13)14-6-8-16(11-14,17-3)15(19)20/h12-14,17H,4-11H2,1-3H3,(H,19,20). The molecule has 2 rings (SSSR count). The van der Waals surface area contributed by atoms with Crippen molar-refractivity contribution in [1.29, 1.82) is 0 Å². The van der Waals surface area contributed by atoms with Crippen molar-refractivity contribution in [1.82, 2.24) is 10.2 Å². The third kappa shape index (κ3) is 3.17. The molecule has 4 heteroatoms. The average molecular weight is 282 g/mol. The van der Waals surface area contributed by atoms with Crippen LogP contribution in [0.2, 0.25) is 0 Å². The molecule has 2 N–H and O–H groups in total. The molecular weight excluding hydrogens is 252 g/mol. The summed E-state index contributed by atoms with van der Waals surface area (Å²) >= 11 is 0. The quantitative estimate of drug-likeness (QED) is 0.831. The highest BCUT2D eigenvalue weighted by molar-refractivity contribution is 5.79. The fourth-order valence-electron chi connectivity index (χ4n) is 4.04. The van der Waals surface area contributed by atoms with Crippen LogP contribution in [0.5, 0.6) is 0 Å². The van der Waals surface area contributed by atoms with E-state index in [4.69, 9.17) is 0 Å². The Morgan fingerprint density at radius 3 is 2.60 bits per heavy atom. The van der Waals surface area contributed by atoms with Gasteiger partial charge in [-0.05, 0) is 70.5 Å². The zero-order valence-corrected chi connectivity index (χ0v) is 13.2. The van der Waals surface area contributed by atoms with Gasteiger partial charge in [0.2, 0.25) is 0 Å². The van der Waals surface area contributed by atoms with Gasteiger partial charge in [-0.3, -0.25) is 4.79 Å². The summed E-state index contributed by atoms with van der Waals surface area (Å²) < 4.78 is 0. The summed E-state index contributed by atoms with van der Waals surface area (Å²) in [5.74, 6) is 0.932. The van der Waals surface area contributed by atoms with Crippen molar-refractivity contribution >= 4 is 5.97 Å². The van der Waals surface area contributed by atoms with Gasteiger partial charge in [-0.15, -0.1) is 0 Å². The number of likely N-dealkylation sites (N-methyl/N-ethyl adjacent to an activating group) is 1. The minimum absolute atomic E-state index is 0.449. The van der Waals surface area contributed by atoms with Gasteiger partial charge in [0.15, 0.2) is 0 Å². The van der Waals surface area contributed by atoms with Crippen molar-refractivity contribution in [2.75, 3.05) is 20.1 Å². The molecule has 0 spiro atoms. The summed E-state index contributed by atoms with van der Waals surface area (Å²) in [6.45, 7) is 6.94. The van der Waals surface area contributed by atoms with E-state index in [0.717, 1.165) is 44.2 Å². The highest BCUT2D eigenvalue weighted by Crippen LogP contribution is 2.35. The Bertz CT molecular complexity index is 345. The summed E-state index contributed by atoms with van der Waals surface area (Å²) in [5, 5.41) is 12.5. The van der Waals surface area contributed by atoms with E-state index in [1.165, 1.54) is 19.3 Å². The third-order valence-electron chi connectivity index (χ3n) is 5.64. The highest BCUT2D eigenvalue weighted by atomic mass is 16.4. The molecule has 2 aliphatic rings. The number of aliphatic carboxylic acids is 1. The predicted octanol–water partition coefficient (Wildman–Crippen LogP) is 2.34. The smallest absolute Gasteiger partial charge is 0.323 e. The minimum atomic E-state index is -0.686. The maximum absolute atomic E-state index is 11.5. The van der Waals surface area contributed by atoms with Gasteiger partial charge in [-0.2, -0.15) is 0 Å². The van der Waals surface area contributed by atoms with Gasteiger partial charge in [-0.25, -0.2) is 0 Å². The number of carbonyl (C=O) groups is 1. The van der Waals surface area contributed by atoms with E-state index in [1.54, 1.807) is 7.05 Å². The molecule has 2 fully saturated rings. The second-order valence-electron chi connectivity index (χ2n) is 7.00. The van der Waals surface area contributed by atoms with Gasteiger partial charge < -0.3 is 15.3 Å². The molecule has 1 heterocycles. The van der Waals surface area contributed by atoms with Crippen LogP contribution in [0.3, 0.4) is 0 Å². The monoisotopic (exact) mass is 282 g/mol. The van der Waals surface area contributed by atoms with Crippen LogP contribution in [-0.4, -0.2) is 47.7 Å². The lowest BCUT2D eigenvalue weighted by Gasteiger charge is -2.30. The van der Waals surface area contributed by atoms with Crippen LogP contribution in [0.1, 0.15) is 52.4 Å². The summed E-state index contributed by atoms with van der Waals surface area (Å²) in [6, 6.07) is 0.449. The molecule has 1 saturated carbocycles. The number of nitrogens with zero attached hydrogens (tertiary/aromatic N) is 1. The fraction of sp³-hybridized carbons (Fsp3) is 0.938. The van der Waals surface area contributed by atoms with E-state index in [-0.39, 0.29) is 0 Å². The molecule has 116 valence electrons. The first-order valence-electron chi connectivity index (χ1n) is 8.15. The Morgan fingerprint density at radius 2 is 2.05 bits per heavy atom.